The van der Waals surface area contributed by atoms with Crippen molar-refractivity contribution in [2.75, 3.05) is 0 Å². The molecule has 4 aliphatic rings. The Labute approximate surface area is 252 Å². The van der Waals surface area contributed by atoms with Crippen LogP contribution in [0.2, 0.25) is 0 Å². The zero-order valence-corrected chi connectivity index (χ0v) is 21.6. The first-order valence-corrected chi connectivity index (χ1v) is 11.4. The minimum absolute atomic E-state index is 1.17. The predicted octanol–water partition coefficient (Wildman–Crippen LogP) is 10.2. The predicted molar refractivity (Wildman–Crippen MR) is 97.7 cm³/mol. The van der Waals surface area contributed by atoms with Gasteiger partial charge in [0.05, 0.1) is 0 Å². The quantitative estimate of drug-likeness (QED) is 0.178. The monoisotopic (exact) mass is 802 g/mol. The van der Waals surface area contributed by atoms with Crippen molar-refractivity contribution < 1.29 is 123 Å². The Morgan fingerprint density at radius 3 is 1.24 bits per heavy atom. The van der Waals surface area contributed by atoms with Crippen LogP contribution in [0.15, 0.2) is 46.6 Å². The summed E-state index contributed by atoms with van der Waals surface area (Å²) in [5.41, 5.74) is -2.22. The summed E-state index contributed by atoms with van der Waals surface area (Å²) in [4.78, 5) is -5.20. The van der Waals surface area contributed by atoms with E-state index in [4.69, 9.17) is 0 Å². The van der Waals surface area contributed by atoms with E-state index < -0.39 is 128 Å². The molecule has 0 N–H and O–H groups in total. The van der Waals surface area contributed by atoms with Crippen LogP contribution in [0, 0.1) is 0 Å². The second-order valence-corrected chi connectivity index (χ2v) is 9.85. The fourth-order valence-corrected chi connectivity index (χ4v) is 4.64. The third kappa shape index (κ3) is 4.52. The minimum Gasteiger partial charge on any atom is -0.291 e. The number of fused-ring (bicyclic) bond motifs is 2. The summed E-state index contributed by atoms with van der Waals surface area (Å²) in [6, 6.07) is -18.2. The maximum absolute atomic E-state index is 14.1. The normalized spacial score (nSPS) is 32.8. The van der Waals surface area contributed by atoms with Gasteiger partial charge in [-0.05, 0) is 0 Å². The molecule has 2 saturated heterocycles. The SMILES string of the molecule is FC(F)(F)C1(F)N2C(C(F)(F)C(F)(F)C(F)(F)C2(F)F)C(F)(F)C(F)(F)C1(F)F.FC1=C(F)C2=C(F)C(F)=C(F)C(C(F)(F)F)N2C(F)=C1F. The van der Waals surface area contributed by atoms with E-state index in [9.17, 15) is 123 Å². The van der Waals surface area contributed by atoms with E-state index in [-0.39, 0.29) is 0 Å². The number of hydrogen-bond donors (Lipinski definition) is 0. The average molecular weight is 802 g/mol. The molecular weight excluding hydrogens is 800 g/mol. The number of piperidine rings is 2. The summed E-state index contributed by atoms with van der Waals surface area (Å²) in [5.74, 6) is -74.3. The lowest BCUT2D eigenvalue weighted by molar-refractivity contribution is -0.552. The zero-order valence-electron chi connectivity index (χ0n) is 21.6. The van der Waals surface area contributed by atoms with Crippen molar-refractivity contribution in [1.82, 2.24) is 9.80 Å². The highest BCUT2D eigenvalue weighted by Gasteiger charge is 3.04. The van der Waals surface area contributed by atoms with Crippen LogP contribution in [0.25, 0.3) is 0 Å². The lowest BCUT2D eigenvalue weighted by Crippen LogP contribution is -2.94. The molecule has 3 atom stereocenters. The van der Waals surface area contributed by atoms with E-state index in [0.717, 1.165) is 0 Å². The lowest BCUT2D eigenvalue weighted by atomic mass is 9.74. The Morgan fingerprint density at radius 2 is 0.860 bits per heavy atom. The third-order valence-electron chi connectivity index (χ3n) is 7.02. The Morgan fingerprint density at radius 1 is 0.460 bits per heavy atom. The van der Waals surface area contributed by atoms with Crippen LogP contribution in [-0.4, -0.2) is 81.6 Å². The van der Waals surface area contributed by atoms with Gasteiger partial charge in [0.2, 0.25) is 17.6 Å². The highest BCUT2D eigenvalue weighted by Crippen LogP contribution is 2.73. The number of nitrogens with zero attached hydrogens (tertiary/aromatic N) is 2. The molecule has 0 amide bonds. The van der Waals surface area contributed by atoms with Crippen molar-refractivity contribution in [1.29, 1.82) is 0 Å². The molecule has 4 aliphatic heterocycles. The van der Waals surface area contributed by atoms with Gasteiger partial charge in [-0.1, -0.05) is 0 Å². The Hall–Kier alpha value is -3.24. The van der Waals surface area contributed by atoms with E-state index in [2.05, 4.69) is 0 Å². The van der Waals surface area contributed by atoms with Crippen molar-refractivity contribution in [3.8, 4) is 0 Å². The van der Waals surface area contributed by atoms with Crippen LogP contribution in [0.1, 0.15) is 0 Å². The molecule has 0 aromatic rings. The van der Waals surface area contributed by atoms with Gasteiger partial charge in [0.1, 0.15) is 5.70 Å². The second-order valence-electron chi connectivity index (χ2n) is 9.85. The molecule has 0 aromatic heterocycles. The average Bonchev–Trinajstić information content (AvgIpc) is 2.92. The zero-order chi connectivity index (χ0) is 39.9. The number of alkyl halides is 21. The van der Waals surface area contributed by atoms with Crippen LogP contribution in [0.3, 0.4) is 0 Å². The number of hydrogen-bond acceptors (Lipinski definition) is 2. The highest BCUT2D eigenvalue weighted by atomic mass is 19.4. The van der Waals surface area contributed by atoms with E-state index in [1.54, 1.807) is 0 Å². The molecule has 0 bridgehead atoms. The van der Waals surface area contributed by atoms with Gasteiger partial charge in [0, 0.05) is 0 Å². The molecule has 0 aromatic carbocycles. The number of allylic oxidation sites excluding steroid dienone is 5. The Kier molecular flexibility index (Phi) is 8.78. The van der Waals surface area contributed by atoms with Gasteiger partial charge in [-0.15, -0.1) is 0 Å². The van der Waals surface area contributed by atoms with E-state index in [0.29, 0.717) is 0 Å². The molecule has 4 heterocycles. The standard InChI is InChI=1S/C10HF18N.C10HF10N/c11-2(12)1-3(13,14)5(17,18)7(21,22)10(27,28)29(1)8(23,9(24,25)26)6(19,20)4(2,15)16;11-1-3(13)7-4(14)2(12)6(16)9(17)21(7)8(5(1)15)10(18,19)20/h1H;8H. The topological polar surface area (TPSA) is 6.48 Å². The first kappa shape index (κ1) is 41.2. The van der Waals surface area contributed by atoms with Gasteiger partial charge in [-0.3, -0.25) is 4.90 Å². The number of halogens is 28. The van der Waals surface area contributed by atoms with Crippen molar-refractivity contribution in [3.63, 3.8) is 0 Å². The van der Waals surface area contributed by atoms with E-state index in [1.165, 1.54) is 0 Å². The first-order valence-electron chi connectivity index (χ1n) is 11.4. The van der Waals surface area contributed by atoms with Crippen LogP contribution in [0.4, 0.5) is 123 Å². The maximum Gasteiger partial charge on any atom is 0.443 e. The smallest absolute Gasteiger partial charge is 0.291 e. The number of rotatable bonds is 0. The third-order valence-corrected chi connectivity index (χ3v) is 7.02. The van der Waals surface area contributed by atoms with Gasteiger partial charge in [-0.25, -0.2) is 26.3 Å². The molecular formula is C20H2F28N2. The van der Waals surface area contributed by atoms with E-state index >= 15 is 0 Å². The van der Waals surface area contributed by atoms with Crippen molar-refractivity contribution >= 4 is 0 Å². The largest absolute Gasteiger partial charge is 0.443 e. The second kappa shape index (κ2) is 10.7. The fraction of sp³-hybridized carbons (Fsp3) is 0.600. The van der Waals surface area contributed by atoms with Crippen LogP contribution >= 0.6 is 0 Å². The Balaban J connectivity index is 0.000000284. The first-order chi connectivity index (χ1) is 21.7. The molecule has 4 rings (SSSR count). The fourth-order valence-electron chi connectivity index (χ4n) is 4.64. The van der Waals surface area contributed by atoms with Gasteiger partial charge in [0.25, 0.3) is 0 Å². The lowest BCUT2D eigenvalue weighted by Gasteiger charge is -2.62. The van der Waals surface area contributed by atoms with Gasteiger partial charge < -0.3 is 0 Å². The van der Waals surface area contributed by atoms with Gasteiger partial charge in [0.15, 0.2) is 35.4 Å². The van der Waals surface area contributed by atoms with E-state index in [1.807, 2.05) is 0 Å². The molecule has 2 nitrogen and oxygen atoms in total. The van der Waals surface area contributed by atoms with Crippen LogP contribution in [0.5, 0.6) is 0 Å². The molecule has 50 heavy (non-hydrogen) atoms. The van der Waals surface area contributed by atoms with Crippen LogP contribution < -0.4 is 0 Å². The molecule has 0 aliphatic carbocycles. The molecule has 0 radical (unpaired) electrons. The van der Waals surface area contributed by atoms with Crippen molar-refractivity contribution in [2.45, 2.75) is 71.8 Å². The molecule has 288 valence electrons. The summed E-state index contributed by atoms with van der Waals surface area (Å²) in [7, 11) is 0. The van der Waals surface area contributed by atoms with Gasteiger partial charge >= 0.3 is 59.7 Å². The molecule has 2 fully saturated rings. The maximum atomic E-state index is 14.1. The summed E-state index contributed by atoms with van der Waals surface area (Å²) >= 11 is 0. The minimum atomic E-state index is -8.14. The van der Waals surface area contributed by atoms with Crippen molar-refractivity contribution in [3.05, 3.63) is 46.6 Å². The van der Waals surface area contributed by atoms with Crippen molar-refractivity contribution in [2.24, 2.45) is 0 Å². The molecule has 0 spiro atoms. The van der Waals surface area contributed by atoms with Crippen LogP contribution in [-0.2, 0) is 0 Å². The molecule has 3 unspecified atom stereocenters. The summed E-state index contributed by atoms with van der Waals surface area (Å²) < 4.78 is 370. The molecule has 0 saturated carbocycles. The summed E-state index contributed by atoms with van der Waals surface area (Å²) in [6.45, 7) is 0. The van der Waals surface area contributed by atoms with Gasteiger partial charge in [-0.2, -0.15) is 101 Å². The Bertz CT molecular complexity index is 1560. The summed E-state index contributed by atoms with van der Waals surface area (Å²) in [6.07, 6.45) is -13.7. The summed E-state index contributed by atoms with van der Waals surface area (Å²) in [5, 5.41) is 0. The molecule has 30 heteroatoms. The highest BCUT2D eigenvalue weighted by molar-refractivity contribution is 5.50.